The number of aromatic amines is 2. The van der Waals surface area contributed by atoms with Crippen molar-refractivity contribution >= 4 is 121 Å². The molecule has 0 radical (unpaired) electrons. The van der Waals surface area contributed by atoms with Crippen molar-refractivity contribution in [2.24, 2.45) is 0 Å². The first-order chi connectivity index (χ1) is 37.7. The van der Waals surface area contributed by atoms with Gasteiger partial charge < -0.3 is 15.3 Å². The fourth-order valence-electron chi connectivity index (χ4n) is 8.31. The SMILES string of the molecule is CCCCNc1nc2c3nc4nc(nc5[nH]c(nc6nc(nc([nH]3)c2nc1-c1ccccc1)-c1nc(SC(C)(C)C)c(SC(C)(C)C)nc1-6)c1nc(SC(C)(C)C)c(SC(C)(C)C)nc51)-c1nc(SC(C)(C)C)c(SC(C)(C)C)nc1-4. The highest BCUT2D eigenvalue weighted by molar-refractivity contribution is 8.04. The average molecular weight is 1200 g/mol. The molecule has 9 heterocycles. The van der Waals surface area contributed by atoms with Gasteiger partial charge in [-0.25, -0.2) is 69.8 Å². The largest absolute Gasteiger partial charge is 0.368 e. The normalized spacial score (nSPS) is 13.3. The van der Waals surface area contributed by atoms with E-state index in [0.717, 1.165) is 48.6 Å². The van der Waals surface area contributed by atoms with E-state index in [1.54, 1.807) is 70.6 Å². The Bertz CT molecular complexity index is 3930. The predicted molar refractivity (Wildman–Crippen MR) is 341 cm³/mol. The molecular weight excluding hydrogens is 1130 g/mol. The Morgan fingerprint density at radius 1 is 0.346 bits per heavy atom. The topological polar surface area (TPSA) is 224 Å². The van der Waals surface area contributed by atoms with E-state index in [1.807, 2.05) is 30.3 Å². The van der Waals surface area contributed by atoms with Gasteiger partial charge in [-0.05, 0) is 6.42 Å². The van der Waals surface area contributed by atoms with Gasteiger partial charge >= 0.3 is 0 Å². The molecule has 81 heavy (non-hydrogen) atoms. The summed E-state index contributed by atoms with van der Waals surface area (Å²) in [4.78, 5) is 82.7. The molecule has 0 spiro atoms. The molecule has 8 bridgehead atoms. The predicted octanol–water partition coefficient (Wildman–Crippen LogP) is 16.3. The highest BCUT2D eigenvalue weighted by Gasteiger charge is 2.34. The Balaban J connectivity index is 1.40. The second-order valence-electron chi connectivity index (χ2n) is 25.8. The molecule has 7 aromatic heterocycles. The van der Waals surface area contributed by atoms with Crippen LogP contribution >= 0.6 is 70.6 Å². The second-order valence-corrected chi connectivity index (χ2v) is 36.6. The zero-order valence-electron chi connectivity index (χ0n) is 49.7. The summed E-state index contributed by atoms with van der Waals surface area (Å²) in [5.41, 5.74) is 6.84. The summed E-state index contributed by atoms with van der Waals surface area (Å²) in [5.74, 6) is 1.76. The fourth-order valence-corrected chi connectivity index (χ4v) is 14.2. The van der Waals surface area contributed by atoms with Crippen LogP contribution in [0, 0.1) is 0 Å². The van der Waals surface area contributed by atoms with Gasteiger partial charge in [-0.2, -0.15) is 0 Å². The maximum absolute atomic E-state index is 5.45. The average Bonchev–Trinajstić information content (AvgIpc) is 4.28. The molecule has 17 nitrogen and oxygen atoms in total. The van der Waals surface area contributed by atoms with Gasteiger partial charge in [0, 0.05) is 40.6 Å². The van der Waals surface area contributed by atoms with E-state index in [4.69, 9.17) is 69.8 Å². The Labute approximate surface area is 499 Å². The van der Waals surface area contributed by atoms with Crippen molar-refractivity contribution in [3.8, 4) is 57.3 Å². The first-order valence-corrected chi connectivity index (χ1v) is 32.1. The third kappa shape index (κ3) is 13.7. The number of fused-ring (bicyclic) bond motifs is 20. The number of benzene rings is 1. The highest BCUT2D eigenvalue weighted by Crippen LogP contribution is 2.47. The molecule has 0 unspecified atom stereocenters. The minimum absolute atomic E-state index is 0.201. The van der Waals surface area contributed by atoms with Crippen LogP contribution in [0.1, 0.15) is 144 Å². The summed E-state index contributed by atoms with van der Waals surface area (Å²) >= 11 is 9.92. The maximum Gasteiger partial charge on any atom is 0.184 e. The smallest absolute Gasteiger partial charge is 0.184 e. The van der Waals surface area contributed by atoms with Crippen molar-refractivity contribution in [1.82, 2.24) is 79.7 Å². The molecule has 10 rings (SSSR count). The van der Waals surface area contributed by atoms with Crippen LogP contribution in [-0.4, -0.2) is 115 Å². The lowest BCUT2D eigenvalue weighted by Crippen LogP contribution is -2.12. The standard InChI is InChI=1S/C58H71N17S6/c1-20-21-27-59-38-29(28-25-23-22-24-26-28)60-30-31(61-38)40-68-39(30)69-41-32-34(64-49(78-55(8,9)10)47(62-32)76-53(2,3)4)43(71-41)73-45-36-37(67-52(81-58(17,18)19)51(66-36)80-57(14,15)16)46(75-45)74-44-35-33(42(70-40)72-44)63-48(77-54(5,6)7)50(65-35)79-56(11,12)13/h22-26H,20-21,27H2,1-19H3,(H,59,61)(H2,68,69,70,71,72,73,74,75). The molecule has 1 aromatic carbocycles. The molecule has 0 aliphatic carbocycles. The van der Waals surface area contributed by atoms with Gasteiger partial charge in [-0.1, -0.05) is 239 Å². The quantitative estimate of drug-likeness (QED) is 0.0808. The number of thioether (sulfide) groups is 6. The first-order valence-electron chi connectivity index (χ1n) is 27.2. The van der Waals surface area contributed by atoms with Crippen molar-refractivity contribution in [3.05, 3.63) is 30.3 Å². The molecule has 2 aliphatic heterocycles. The number of rotatable bonds is 11. The van der Waals surface area contributed by atoms with E-state index in [0.29, 0.717) is 91.3 Å². The molecule has 0 saturated heterocycles. The van der Waals surface area contributed by atoms with Gasteiger partial charge in [0.25, 0.3) is 0 Å². The highest BCUT2D eigenvalue weighted by atomic mass is 32.2. The molecule has 3 N–H and O–H groups in total. The summed E-state index contributed by atoms with van der Waals surface area (Å²) in [6.07, 6.45) is 1.93. The molecule has 0 amide bonds. The van der Waals surface area contributed by atoms with Crippen molar-refractivity contribution in [2.75, 3.05) is 11.9 Å². The van der Waals surface area contributed by atoms with Crippen LogP contribution in [0.25, 0.3) is 102 Å². The van der Waals surface area contributed by atoms with E-state index < -0.39 is 0 Å². The van der Waals surface area contributed by atoms with Crippen LogP contribution in [0.5, 0.6) is 0 Å². The molecule has 8 aromatic rings. The van der Waals surface area contributed by atoms with Crippen molar-refractivity contribution < 1.29 is 0 Å². The number of nitrogens with one attached hydrogen (secondary N) is 3. The first kappa shape index (κ1) is 59.0. The lowest BCUT2D eigenvalue weighted by molar-refractivity contribution is 0.778. The molecule has 2 aliphatic rings. The lowest BCUT2D eigenvalue weighted by Gasteiger charge is -2.22. The molecule has 0 saturated carbocycles. The van der Waals surface area contributed by atoms with E-state index in [9.17, 15) is 0 Å². The number of hydrogen-bond acceptors (Lipinski definition) is 21. The fraction of sp³-hybridized carbons (Fsp3) is 0.483. The third-order valence-corrected chi connectivity index (χ3v) is 18.1. The zero-order chi connectivity index (χ0) is 58.4. The Hall–Kier alpha value is -5.20. The Morgan fingerprint density at radius 2 is 0.642 bits per heavy atom. The van der Waals surface area contributed by atoms with Gasteiger partial charge in [-0.3, -0.25) is 0 Å². The van der Waals surface area contributed by atoms with Crippen molar-refractivity contribution in [1.29, 1.82) is 0 Å². The number of hydrogen-bond donors (Lipinski definition) is 3. The Morgan fingerprint density at radius 3 is 0.951 bits per heavy atom. The monoisotopic (exact) mass is 1200 g/mol. The number of aromatic nitrogens is 16. The van der Waals surface area contributed by atoms with Crippen LogP contribution in [0.4, 0.5) is 5.82 Å². The number of nitrogens with zero attached hydrogens (tertiary/aromatic N) is 14. The van der Waals surface area contributed by atoms with Crippen LogP contribution in [0.15, 0.2) is 60.5 Å². The van der Waals surface area contributed by atoms with Crippen LogP contribution in [-0.2, 0) is 0 Å². The summed E-state index contributed by atoms with van der Waals surface area (Å²) in [5, 5.41) is 8.22. The van der Waals surface area contributed by atoms with Gasteiger partial charge in [0.2, 0.25) is 0 Å². The minimum Gasteiger partial charge on any atom is -0.368 e. The van der Waals surface area contributed by atoms with Crippen molar-refractivity contribution in [2.45, 2.75) is 203 Å². The summed E-state index contributed by atoms with van der Waals surface area (Å²) in [6.45, 7) is 42.0. The Kier molecular flexibility index (Phi) is 15.9. The van der Waals surface area contributed by atoms with Gasteiger partial charge in [0.05, 0.1) is 0 Å². The summed E-state index contributed by atoms with van der Waals surface area (Å²) < 4.78 is -1.23. The maximum atomic E-state index is 5.45. The van der Waals surface area contributed by atoms with Gasteiger partial charge in [0.15, 0.2) is 51.7 Å². The molecule has 23 heteroatoms. The molecule has 424 valence electrons. The zero-order valence-corrected chi connectivity index (χ0v) is 54.6. The van der Waals surface area contributed by atoms with Gasteiger partial charge in [-0.15, -0.1) is 0 Å². The molecule has 0 fully saturated rings. The lowest BCUT2D eigenvalue weighted by atomic mass is 10.1. The minimum atomic E-state index is -0.207. The number of anilines is 1. The second kappa shape index (κ2) is 21.8. The molecular formula is C58H71N17S6. The van der Waals surface area contributed by atoms with E-state index in [1.165, 1.54) is 0 Å². The number of H-pyrrole nitrogens is 2. The van der Waals surface area contributed by atoms with Crippen LogP contribution in [0.3, 0.4) is 0 Å². The van der Waals surface area contributed by atoms with E-state index in [2.05, 4.69) is 147 Å². The van der Waals surface area contributed by atoms with E-state index in [-0.39, 0.29) is 46.0 Å². The van der Waals surface area contributed by atoms with E-state index >= 15 is 0 Å². The number of unbranched alkanes of at least 4 members (excludes halogenated alkanes) is 1. The van der Waals surface area contributed by atoms with Crippen molar-refractivity contribution in [3.63, 3.8) is 0 Å². The van der Waals surface area contributed by atoms with Crippen LogP contribution < -0.4 is 5.32 Å². The third-order valence-electron chi connectivity index (χ3n) is 11.2. The molecule has 0 atom stereocenters. The van der Waals surface area contributed by atoms with Crippen LogP contribution in [0.2, 0.25) is 0 Å². The summed E-state index contributed by atoms with van der Waals surface area (Å²) in [7, 11) is 0. The summed E-state index contributed by atoms with van der Waals surface area (Å²) in [6, 6.07) is 10.1. The van der Waals surface area contributed by atoms with Gasteiger partial charge in [0.1, 0.15) is 80.7 Å².